The molecule has 1 fully saturated rings. The number of aromatic amines is 1. The Kier molecular flexibility index (Phi) is 4.60. The number of amides is 1. The number of carbonyl (C=O) groups is 2. The van der Waals surface area contributed by atoms with Gasteiger partial charge in [0.1, 0.15) is 11.9 Å². The lowest BCUT2D eigenvalue weighted by molar-refractivity contribution is -0.142. The number of carbonyl (C=O) groups excluding carboxylic acids is 1. The van der Waals surface area contributed by atoms with Gasteiger partial charge in [0.2, 0.25) is 5.91 Å². The highest BCUT2D eigenvalue weighted by molar-refractivity contribution is 5.85. The van der Waals surface area contributed by atoms with E-state index in [1.807, 2.05) is 0 Å². The van der Waals surface area contributed by atoms with E-state index < -0.39 is 23.5 Å². The van der Waals surface area contributed by atoms with Crippen molar-refractivity contribution < 1.29 is 14.7 Å². The zero-order chi connectivity index (χ0) is 18.0. The Morgan fingerprint density at radius 3 is 2.76 bits per heavy atom. The van der Waals surface area contributed by atoms with Crippen LogP contribution in [0, 0.1) is 12.8 Å². The van der Waals surface area contributed by atoms with Crippen LogP contribution >= 0.6 is 0 Å². The van der Waals surface area contributed by atoms with E-state index in [0.717, 1.165) is 12.8 Å². The fourth-order valence-electron chi connectivity index (χ4n) is 2.65. The van der Waals surface area contributed by atoms with E-state index >= 15 is 0 Å². The van der Waals surface area contributed by atoms with Crippen molar-refractivity contribution in [3.63, 3.8) is 0 Å². The molecule has 0 spiro atoms. The minimum absolute atomic E-state index is 0.0214. The van der Waals surface area contributed by atoms with Crippen molar-refractivity contribution in [2.24, 2.45) is 5.92 Å². The van der Waals surface area contributed by atoms with Crippen LogP contribution in [0.25, 0.3) is 11.4 Å². The SMILES string of the molecule is Cc1nc(-c2cccnc2)[nH]c(=O)c1CC(=O)NC(C(=O)O)C1CC1. The zero-order valence-corrected chi connectivity index (χ0v) is 13.7. The third kappa shape index (κ3) is 3.90. The van der Waals surface area contributed by atoms with E-state index in [0.29, 0.717) is 17.1 Å². The van der Waals surface area contributed by atoms with Crippen molar-refractivity contribution >= 4 is 11.9 Å². The number of pyridine rings is 1. The van der Waals surface area contributed by atoms with Crippen molar-refractivity contribution in [1.29, 1.82) is 0 Å². The second-order valence-electron chi connectivity index (χ2n) is 6.12. The van der Waals surface area contributed by atoms with Crippen molar-refractivity contribution in [2.45, 2.75) is 32.2 Å². The quantitative estimate of drug-likeness (QED) is 0.708. The van der Waals surface area contributed by atoms with Gasteiger partial charge in [-0.1, -0.05) is 0 Å². The van der Waals surface area contributed by atoms with Gasteiger partial charge in [0.15, 0.2) is 0 Å². The summed E-state index contributed by atoms with van der Waals surface area (Å²) >= 11 is 0. The number of H-pyrrole nitrogens is 1. The maximum Gasteiger partial charge on any atom is 0.326 e. The summed E-state index contributed by atoms with van der Waals surface area (Å²) in [4.78, 5) is 46.6. The maximum atomic E-state index is 12.3. The first-order valence-corrected chi connectivity index (χ1v) is 7.98. The Balaban J connectivity index is 1.77. The molecule has 1 unspecified atom stereocenters. The molecular weight excluding hydrogens is 324 g/mol. The van der Waals surface area contributed by atoms with Gasteiger partial charge in [0.25, 0.3) is 5.56 Å². The van der Waals surface area contributed by atoms with Crippen LogP contribution in [0.4, 0.5) is 0 Å². The lowest BCUT2D eigenvalue weighted by Gasteiger charge is -2.14. The predicted molar refractivity (Wildman–Crippen MR) is 88.8 cm³/mol. The van der Waals surface area contributed by atoms with Crippen molar-refractivity contribution in [1.82, 2.24) is 20.3 Å². The lowest BCUT2D eigenvalue weighted by Crippen LogP contribution is -2.43. The summed E-state index contributed by atoms with van der Waals surface area (Å²) in [6.07, 6.45) is 4.57. The normalized spacial score (nSPS) is 14.8. The minimum Gasteiger partial charge on any atom is -0.480 e. The molecule has 0 aliphatic heterocycles. The molecule has 1 aliphatic carbocycles. The van der Waals surface area contributed by atoms with Gasteiger partial charge < -0.3 is 15.4 Å². The molecule has 1 amide bonds. The number of aromatic nitrogens is 3. The highest BCUT2D eigenvalue weighted by Crippen LogP contribution is 2.32. The molecule has 0 bridgehead atoms. The summed E-state index contributed by atoms with van der Waals surface area (Å²) < 4.78 is 0. The van der Waals surface area contributed by atoms with E-state index in [9.17, 15) is 14.4 Å². The Bertz CT molecular complexity index is 859. The van der Waals surface area contributed by atoms with Crippen LogP contribution in [-0.4, -0.2) is 38.0 Å². The minimum atomic E-state index is -1.05. The Morgan fingerprint density at radius 2 is 2.20 bits per heavy atom. The van der Waals surface area contributed by atoms with Crippen LogP contribution in [0.15, 0.2) is 29.3 Å². The molecule has 25 heavy (non-hydrogen) atoms. The molecule has 0 radical (unpaired) electrons. The number of aryl methyl sites for hydroxylation is 1. The number of carboxylic acid groups (broad SMARTS) is 1. The molecule has 1 aliphatic rings. The van der Waals surface area contributed by atoms with Gasteiger partial charge in [-0.2, -0.15) is 0 Å². The average molecular weight is 342 g/mol. The second-order valence-corrected chi connectivity index (χ2v) is 6.12. The summed E-state index contributed by atoms with van der Waals surface area (Å²) in [6, 6.07) is 2.61. The number of nitrogens with zero attached hydrogens (tertiary/aromatic N) is 2. The number of hydrogen-bond acceptors (Lipinski definition) is 5. The van der Waals surface area contributed by atoms with Crippen LogP contribution in [0.1, 0.15) is 24.1 Å². The maximum absolute atomic E-state index is 12.3. The molecule has 8 heteroatoms. The molecule has 1 saturated carbocycles. The van der Waals surface area contributed by atoms with Crippen molar-refractivity contribution in [3.05, 3.63) is 46.1 Å². The molecule has 2 heterocycles. The molecule has 130 valence electrons. The zero-order valence-electron chi connectivity index (χ0n) is 13.7. The average Bonchev–Trinajstić information content (AvgIpc) is 3.41. The third-order valence-corrected chi connectivity index (χ3v) is 4.17. The topological polar surface area (TPSA) is 125 Å². The van der Waals surface area contributed by atoms with Gasteiger partial charge >= 0.3 is 5.97 Å². The van der Waals surface area contributed by atoms with E-state index in [-0.39, 0.29) is 17.9 Å². The first-order chi connectivity index (χ1) is 12.0. The summed E-state index contributed by atoms with van der Waals surface area (Å²) in [7, 11) is 0. The van der Waals surface area contributed by atoms with Gasteiger partial charge in [-0.15, -0.1) is 0 Å². The first-order valence-electron chi connectivity index (χ1n) is 7.98. The van der Waals surface area contributed by atoms with E-state index in [4.69, 9.17) is 5.11 Å². The number of rotatable bonds is 6. The Hall–Kier alpha value is -3.03. The highest BCUT2D eigenvalue weighted by atomic mass is 16.4. The van der Waals surface area contributed by atoms with Gasteiger partial charge in [-0.25, -0.2) is 9.78 Å². The number of hydrogen-bond donors (Lipinski definition) is 3. The fraction of sp³-hybridized carbons (Fsp3) is 0.353. The molecule has 1 atom stereocenters. The largest absolute Gasteiger partial charge is 0.480 e. The Morgan fingerprint density at radius 1 is 1.44 bits per heavy atom. The summed E-state index contributed by atoms with van der Waals surface area (Å²) in [5.74, 6) is -1.19. The molecule has 0 saturated heterocycles. The highest BCUT2D eigenvalue weighted by Gasteiger charge is 2.37. The lowest BCUT2D eigenvalue weighted by atomic mass is 10.1. The van der Waals surface area contributed by atoms with E-state index in [2.05, 4.69) is 20.3 Å². The molecule has 3 rings (SSSR count). The molecule has 3 N–H and O–H groups in total. The van der Waals surface area contributed by atoms with Crippen LogP contribution in [-0.2, 0) is 16.0 Å². The van der Waals surface area contributed by atoms with E-state index in [1.165, 1.54) is 0 Å². The van der Waals surface area contributed by atoms with Crippen LogP contribution in [0.5, 0.6) is 0 Å². The van der Waals surface area contributed by atoms with Crippen molar-refractivity contribution in [2.75, 3.05) is 0 Å². The second kappa shape index (κ2) is 6.84. The molecule has 2 aromatic heterocycles. The molecule has 2 aromatic rings. The van der Waals surface area contributed by atoms with Crippen LogP contribution in [0.3, 0.4) is 0 Å². The molecule has 8 nitrogen and oxygen atoms in total. The van der Waals surface area contributed by atoms with Gasteiger partial charge in [0, 0.05) is 29.2 Å². The number of aliphatic carboxylic acids is 1. The van der Waals surface area contributed by atoms with Gasteiger partial charge in [0.05, 0.1) is 6.42 Å². The van der Waals surface area contributed by atoms with Crippen LogP contribution in [0.2, 0.25) is 0 Å². The standard InChI is InChI=1S/C17H18N4O4/c1-9-12(7-13(22)20-14(17(24)25)10-4-5-10)16(23)21-15(19-9)11-3-2-6-18-8-11/h2-3,6,8,10,14H,4-5,7H2,1H3,(H,20,22)(H,24,25)(H,19,21,23). The Labute approximate surface area is 143 Å². The number of nitrogens with one attached hydrogen (secondary N) is 2. The number of carboxylic acids is 1. The van der Waals surface area contributed by atoms with Gasteiger partial charge in [-0.3, -0.25) is 14.6 Å². The molecule has 0 aromatic carbocycles. The van der Waals surface area contributed by atoms with Crippen molar-refractivity contribution in [3.8, 4) is 11.4 Å². The van der Waals surface area contributed by atoms with E-state index in [1.54, 1.807) is 31.5 Å². The monoisotopic (exact) mass is 342 g/mol. The first kappa shape index (κ1) is 16.8. The van der Waals surface area contributed by atoms with Crippen LogP contribution < -0.4 is 10.9 Å². The fourth-order valence-corrected chi connectivity index (χ4v) is 2.65. The smallest absolute Gasteiger partial charge is 0.326 e. The van der Waals surface area contributed by atoms with Gasteiger partial charge in [-0.05, 0) is 37.8 Å². The summed E-state index contributed by atoms with van der Waals surface area (Å²) in [5, 5.41) is 11.7. The third-order valence-electron chi connectivity index (χ3n) is 4.17. The predicted octanol–water partition coefficient (Wildman–Crippen LogP) is 0.662. The summed E-state index contributed by atoms with van der Waals surface area (Å²) in [5.41, 5.74) is 0.902. The molecular formula is C17H18N4O4. The summed E-state index contributed by atoms with van der Waals surface area (Å²) in [6.45, 7) is 1.65.